The number of hydrogen-bond acceptors (Lipinski definition) is 3. The molecule has 1 aliphatic rings. The highest BCUT2D eigenvalue weighted by Gasteiger charge is 2.59. The second kappa shape index (κ2) is 4.72. The molecule has 21 heavy (non-hydrogen) atoms. The summed E-state index contributed by atoms with van der Waals surface area (Å²) in [6.45, 7) is 8.76. The Morgan fingerprint density at radius 3 is 2.38 bits per heavy atom. The molecule has 1 amide bonds. The van der Waals surface area contributed by atoms with Crippen LogP contribution in [0.3, 0.4) is 0 Å². The molecule has 4 nitrogen and oxygen atoms in total. The molecule has 1 aromatic rings. The first-order valence-corrected chi connectivity index (χ1v) is 7.20. The summed E-state index contributed by atoms with van der Waals surface area (Å²) in [6, 6.07) is 4.95. The molecule has 0 saturated carbocycles. The molecule has 2 atom stereocenters. The number of benzene rings is 1. The molecular formula is C16H19ClN2O2. The quantitative estimate of drug-likeness (QED) is 0.867. The number of aliphatic hydroxyl groups is 1. The van der Waals surface area contributed by atoms with E-state index >= 15 is 0 Å². The average Bonchev–Trinajstić information content (AvgIpc) is 2.53. The smallest absolute Gasteiger partial charge is 0.235 e. The van der Waals surface area contributed by atoms with Crippen LogP contribution in [0.25, 0.3) is 0 Å². The molecule has 1 aliphatic heterocycles. The van der Waals surface area contributed by atoms with E-state index < -0.39 is 11.0 Å². The van der Waals surface area contributed by atoms with E-state index in [0.29, 0.717) is 21.8 Å². The second-order valence-electron chi connectivity index (χ2n) is 6.31. The highest BCUT2D eigenvalue weighted by molar-refractivity contribution is 6.33. The van der Waals surface area contributed by atoms with Crippen molar-refractivity contribution in [3.05, 3.63) is 28.3 Å². The van der Waals surface area contributed by atoms with Gasteiger partial charge in [-0.1, -0.05) is 11.6 Å². The Hall–Kier alpha value is -1.57. The molecule has 1 aromatic carbocycles. The van der Waals surface area contributed by atoms with E-state index in [4.69, 9.17) is 16.9 Å². The molecule has 112 valence electrons. The van der Waals surface area contributed by atoms with Gasteiger partial charge in [0.25, 0.3) is 0 Å². The Kier molecular flexibility index (Phi) is 3.56. The van der Waals surface area contributed by atoms with Crippen LogP contribution in [0.5, 0.6) is 0 Å². The molecule has 5 heteroatoms. The maximum absolute atomic E-state index is 12.7. The summed E-state index contributed by atoms with van der Waals surface area (Å²) in [5.41, 5.74) is -0.356. The van der Waals surface area contributed by atoms with Gasteiger partial charge in [0.2, 0.25) is 5.91 Å². The molecule has 1 heterocycles. The zero-order valence-corrected chi connectivity index (χ0v) is 13.6. The lowest BCUT2D eigenvalue weighted by Gasteiger charge is -2.33. The maximum Gasteiger partial charge on any atom is 0.235 e. The van der Waals surface area contributed by atoms with Crippen LogP contribution in [0.2, 0.25) is 5.02 Å². The lowest BCUT2D eigenvalue weighted by molar-refractivity contribution is -0.131. The molecule has 0 radical (unpaired) electrons. The zero-order valence-electron chi connectivity index (χ0n) is 12.9. The Labute approximate surface area is 129 Å². The monoisotopic (exact) mass is 306 g/mol. The first-order chi connectivity index (χ1) is 9.57. The van der Waals surface area contributed by atoms with Crippen molar-refractivity contribution >= 4 is 23.2 Å². The molecule has 0 bridgehead atoms. The van der Waals surface area contributed by atoms with Crippen molar-refractivity contribution in [1.29, 1.82) is 5.26 Å². The van der Waals surface area contributed by atoms with Crippen molar-refractivity contribution < 1.29 is 9.90 Å². The van der Waals surface area contributed by atoms with Crippen LogP contribution in [-0.2, 0) is 4.79 Å². The number of carbonyl (C=O) groups is 1. The van der Waals surface area contributed by atoms with Crippen molar-refractivity contribution in [3.8, 4) is 6.07 Å². The molecule has 0 aromatic heterocycles. The van der Waals surface area contributed by atoms with Gasteiger partial charge in [-0.15, -0.1) is 0 Å². The lowest BCUT2D eigenvalue weighted by atomic mass is 9.76. The van der Waals surface area contributed by atoms with Gasteiger partial charge in [-0.05, 0) is 52.3 Å². The largest absolute Gasteiger partial charge is 0.387 e. The fraction of sp³-hybridized carbons (Fsp3) is 0.500. The SMILES string of the molecule is Cc1c(N2C(=O)C(C)(C)[C@@](C)(O)[C@H]2C)ccc(C#N)c1Cl. The van der Waals surface area contributed by atoms with E-state index in [1.165, 1.54) is 0 Å². The van der Waals surface area contributed by atoms with E-state index in [2.05, 4.69) is 0 Å². The topological polar surface area (TPSA) is 64.3 Å². The molecular weight excluding hydrogens is 288 g/mol. The standard InChI is InChI=1S/C16H19ClN2O2/c1-9-12(7-6-11(8-18)13(9)17)19-10(2)16(5,21)15(3,4)14(19)20/h6-7,10,21H,1-5H3/t10-,16+/m1/s1. The predicted octanol–water partition coefficient (Wildman–Crippen LogP) is 3.03. The summed E-state index contributed by atoms with van der Waals surface area (Å²) in [5.74, 6) is -0.149. The van der Waals surface area contributed by atoms with Gasteiger partial charge >= 0.3 is 0 Å². The van der Waals surface area contributed by atoms with Crippen LogP contribution < -0.4 is 4.90 Å². The van der Waals surface area contributed by atoms with Gasteiger partial charge < -0.3 is 10.0 Å². The van der Waals surface area contributed by atoms with Crippen molar-refractivity contribution in [2.24, 2.45) is 5.41 Å². The summed E-state index contributed by atoms with van der Waals surface area (Å²) < 4.78 is 0. The summed E-state index contributed by atoms with van der Waals surface area (Å²) in [7, 11) is 0. The van der Waals surface area contributed by atoms with Crippen molar-refractivity contribution in [3.63, 3.8) is 0 Å². The van der Waals surface area contributed by atoms with Gasteiger partial charge in [0.15, 0.2) is 0 Å². The average molecular weight is 307 g/mol. The third-order valence-corrected chi connectivity index (χ3v) is 5.44. The first-order valence-electron chi connectivity index (χ1n) is 6.82. The van der Waals surface area contributed by atoms with E-state index in [9.17, 15) is 9.90 Å². The number of hydrogen-bond donors (Lipinski definition) is 1. The van der Waals surface area contributed by atoms with Gasteiger partial charge in [-0.25, -0.2) is 0 Å². The third-order valence-electron chi connectivity index (χ3n) is 4.96. The van der Waals surface area contributed by atoms with E-state index in [-0.39, 0.29) is 11.9 Å². The molecule has 1 saturated heterocycles. The van der Waals surface area contributed by atoms with Crippen LogP contribution in [0.1, 0.15) is 38.8 Å². The summed E-state index contributed by atoms with van der Waals surface area (Å²) >= 11 is 6.19. The van der Waals surface area contributed by atoms with Crippen LogP contribution >= 0.6 is 11.6 Å². The van der Waals surface area contributed by atoms with E-state index in [1.807, 2.05) is 13.0 Å². The minimum absolute atomic E-state index is 0.149. The fourth-order valence-electron chi connectivity index (χ4n) is 2.81. The number of halogens is 1. The Morgan fingerprint density at radius 1 is 1.38 bits per heavy atom. The van der Waals surface area contributed by atoms with Crippen LogP contribution in [0.15, 0.2) is 12.1 Å². The second-order valence-corrected chi connectivity index (χ2v) is 6.68. The minimum Gasteiger partial charge on any atom is -0.387 e. The number of carbonyl (C=O) groups excluding carboxylic acids is 1. The summed E-state index contributed by atoms with van der Waals surface area (Å²) in [6.07, 6.45) is 0. The summed E-state index contributed by atoms with van der Waals surface area (Å²) in [5, 5.41) is 20.1. The molecule has 0 unspecified atom stereocenters. The first kappa shape index (κ1) is 15.8. The van der Waals surface area contributed by atoms with Crippen molar-refractivity contribution in [2.45, 2.75) is 46.3 Å². The predicted molar refractivity (Wildman–Crippen MR) is 82.3 cm³/mol. The number of nitriles is 1. The number of rotatable bonds is 1. The van der Waals surface area contributed by atoms with Crippen molar-refractivity contribution in [2.75, 3.05) is 4.90 Å². The highest BCUT2D eigenvalue weighted by Crippen LogP contribution is 2.47. The number of nitrogens with zero attached hydrogens (tertiary/aromatic N) is 2. The van der Waals surface area contributed by atoms with Gasteiger partial charge in [0.1, 0.15) is 6.07 Å². The van der Waals surface area contributed by atoms with Gasteiger partial charge in [-0.3, -0.25) is 4.79 Å². The Morgan fingerprint density at radius 2 is 1.95 bits per heavy atom. The lowest BCUT2D eigenvalue weighted by Crippen LogP contribution is -2.46. The van der Waals surface area contributed by atoms with Crippen LogP contribution in [0.4, 0.5) is 5.69 Å². The normalized spacial score (nSPS) is 27.8. The Bertz CT molecular complexity index is 659. The maximum atomic E-state index is 12.7. The molecule has 0 spiro atoms. The molecule has 1 N–H and O–H groups in total. The van der Waals surface area contributed by atoms with Gasteiger partial charge in [0, 0.05) is 5.69 Å². The minimum atomic E-state index is -1.16. The third kappa shape index (κ3) is 1.96. The molecule has 0 aliphatic carbocycles. The number of amides is 1. The van der Waals surface area contributed by atoms with E-state index in [1.54, 1.807) is 44.7 Å². The summed E-state index contributed by atoms with van der Waals surface area (Å²) in [4.78, 5) is 14.3. The van der Waals surface area contributed by atoms with E-state index in [0.717, 1.165) is 0 Å². The fourth-order valence-corrected chi connectivity index (χ4v) is 3.01. The molecule has 2 rings (SSSR count). The zero-order chi connectivity index (χ0) is 16.2. The Balaban J connectivity index is 2.62. The van der Waals surface area contributed by atoms with Crippen molar-refractivity contribution in [1.82, 2.24) is 0 Å². The molecule has 1 fully saturated rings. The van der Waals surface area contributed by atoms with Crippen LogP contribution in [0, 0.1) is 23.7 Å². The van der Waals surface area contributed by atoms with Gasteiger partial charge in [-0.2, -0.15) is 5.26 Å². The van der Waals surface area contributed by atoms with Gasteiger partial charge in [0.05, 0.1) is 27.6 Å². The number of anilines is 1. The highest BCUT2D eigenvalue weighted by atomic mass is 35.5. The van der Waals surface area contributed by atoms with Crippen LogP contribution in [-0.4, -0.2) is 22.7 Å².